The van der Waals surface area contributed by atoms with Crippen LogP contribution in [0.25, 0.3) is 0 Å². The highest BCUT2D eigenvalue weighted by atomic mass is 16.5. The fourth-order valence-electron chi connectivity index (χ4n) is 2.60. The fourth-order valence-corrected chi connectivity index (χ4v) is 2.60. The molecule has 0 aliphatic carbocycles. The summed E-state index contributed by atoms with van der Waals surface area (Å²) >= 11 is 0. The summed E-state index contributed by atoms with van der Waals surface area (Å²) in [5, 5.41) is 2.97. The average Bonchev–Trinajstić information content (AvgIpc) is 2.64. The van der Waals surface area contributed by atoms with Crippen molar-refractivity contribution in [1.82, 2.24) is 5.32 Å². The maximum absolute atomic E-state index is 12.2. The number of nitrogens with one attached hydrogen (secondary N) is 1. The molecule has 2 rings (SSSR count). The van der Waals surface area contributed by atoms with Gasteiger partial charge in [0, 0.05) is 12.1 Å². The molecule has 0 atom stereocenters. The molecule has 0 aromatic heterocycles. The lowest BCUT2D eigenvalue weighted by Gasteiger charge is -2.11. The molecule has 0 fully saturated rings. The highest BCUT2D eigenvalue weighted by molar-refractivity contribution is 5.94. The number of benzene rings is 2. The normalized spacial score (nSPS) is 10.6. The van der Waals surface area contributed by atoms with Gasteiger partial charge < -0.3 is 14.8 Å². The molecule has 1 amide bonds. The quantitative estimate of drug-likeness (QED) is 0.632. The molecule has 0 heterocycles. The summed E-state index contributed by atoms with van der Waals surface area (Å²) in [7, 11) is 0. The van der Waals surface area contributed by atoms with Crippen LogP contribution in [0.5, 0.6) is 11.5 Å². The Morgan fingerprint density at radius 1 is 1.08 bits per heavy atom. The predicted octanol–water partition coefficient (Wildman–Crippen LogP) is 4.63. The van der Waals surface area contributed by atoms with E-state index in [4.69, 9.17) is 9.47 Å². The number of carbonyl (C=O) groups is 1. The minimum absolute atomic E-state index is 0.0587. The SMILES string of the molecule is CCCOc1ccccc1CCCNC(=O)c1ccc(OC(C)C)cc1. The van der Waals surface area contributed by atoms with Crippen LogP contribution in [0, 0.1) is 0 Å². The van der Waals surface area contributed by atoms with Gasteiger partial charge >= 0.3 is 0 Å². The fraction of sp³-hybridized carbons (Fsp3) is 0.409. The second-order valence-electron chi connectivity index (χ2n) is 6.51. The van der Waals surface area contributed by atoms with Crippen molar-refractivity contribution in [3.63, 3.8) is 0 Å². The molecule has 0 radical (unpaired) electrons. The minimum atomic E-state index is -0.0587. The number of hydrogen-bond acceptors (Lipinski definition) is 3. The van der Waals surface area contributed by atoms with E-state index in [2.05, 4.69) is 18.3 Å². The van der Waals surface area contributed by atoms with E-state index < -0.39 is 0 Å². The zero-order valence-electron chi connectivity index (χ0n) is 16.0. The number of amides is 1. The van der Waals surface area contributed by atoms with Gasteiger partial charge in [-0.2, -0.15) is 0 Å². The standard InChI is InChI=1S/C22H29NO3/c1-4-16-25-21-10-6-5-8-18(21)9-7-15-23-22(24)19-11-13-20(14-12-19)26-17(2)3/h5-6,8,10-14,17H,4,7,9,15-16H2,1-3H3,(H,23,24). The Morgan fingerprint density at radius 3 is 2.50 bits per heavy atom. The van der Waals surface area contributed by atoms with Crippen LogP contribution in [0.3, 0.4) is 0 Å². The van der Waals surface area contributed by atoms with Crippen LogP contribution in [0.1, 0.15) is 49.5 Å². The van der Waals surface area contributed by atoms with E-state index in [1.54, 1.807) is 12.1 Å². The third-order valence-corrected chi connectivity index (χ3v) is 3.83. The van der Waals surface area contributed by atoms with E-state index in [9.17, 15) is 4.79 Å². The Morgan fingerprint density at radius 2 is 1.81 bits per heavy atom. The highest BCUT2D eigenvalue weighted by Crippen LogP contribution is 2.19. The van der Waals surface area contributed by atoms with Gasteiger partial charge in [-0.3, -0.25) is 4.79 Å². The average molecular weight is 355 g/mol. The van der Waals surface area contributed by atoms with Crippen LogP contribution in [0.2, 0.25) is 0 Å². The molecule has 0 aliphatic heterocycles. The molecule has 1 N–H and O–H groups in total. The molecule has 4 nitrogen and oxygen atoms in total. The number of hydrogen-bond donors (Lipinski definition) is 1. The van der Waals surface area contributed by atoms with Crippen molar-refractivity contribution >= 4 is 5.91 Å². The Kier molecular flexibility index (Phi) is 8.00. The van der Waals surface area contributed by atoms with Crippen LogP contribution in [-0.2, 0) is 6.42 Å². The largest absolute Gasteiger partial charge is 0.493 e. The van der Waals surface area contributed by atoms with Crippen LogP contribution in [0.15, 0.2) is 48.5 Å². The van der Waals surface area contributed by atoms with Crippen molar-refractivity contribution in [2.75, 3.05) is 13.2 Å². The Labute approximate surface area is 156 Å². The first-order valence-corrected chi connectivity index (χ1v) is 9.35. The van der Waals surface area contributed by atoms with Crippen molar-refractivity contribution in [3.05, 3.63) is 59.7 Å². The molecule has 2 aromatic carbocycles. The monoisotopic (exact) mass is 355 g/mol. The lowest BCUT2D eigenvalue weighted by molar-refractivity contribution is 0.0953. The lowest BCUT2D eigenvalue weighted by Crippen LogP contribution is -2.24. The number of ether oxygens (including phenoxy) is 2. The van der Waals surface area contributed by atoms with Crippen molar-refractivity contribution in [2.45, 2.75) is 46.1 Å². The first kappa shape index (κ1) is 19.8. The minimum Gasteiger partial charge on any atom is -0.493 e. The van der Waals surface area contributed by atoms with Crippen LogP contribution < -0.4 is 14.8 Å². The number of aryl methyl sites for hydroxylation is 1. The summed E-state index contributed by atoms with van der Waals surface area (Å²) in [6, 6.07) is 15.3. The van der Waals surface area contributed by atoms with Gasteiger partial charge in [-0.25, -0.2) is 0 Å². The summed E-state index contributed by atoms with van der Waals surface area (Å²) in [6.07, 6.45) is 2.86. The van der Waals surface area contributed by atoms with Gasteiger partial charge in [0.15, 0.2) is 0 Å². The van der Waals surface area contributed by atoms with E-state index in [1.165, 1.54) is 5.56 Å². The van der Waals surface area contributed by atoms with Crippen molar-refractivity contribution in [1.29, 1.82) is 0 Å². The summed E-state index contributed by atoms with van der Waals surface area (Å²) < 4.78 is 11.4. The Balaban J connectivity index is 1.78. The van der Waals surface area contributed by atoms with Crippen LogP contribution >= 0.6 is 0 Å². The summed E-state index contributed by atoms with van der Waals surface area (Å²) in [5.74, 6) is 1.67. The maximum Gasteiger partial charge on any atom is 0.251 e. The number of para-hydroxylation sites is 1. The first-order chi connectivity index (χ1) is 12.6. The zero-order valence-corrected chi connectivity index (χ0v) is 16.0. The van der Waals surface area contributed by atoms with E-state index in [-0.39, 0.29) is 12.0 Å². The van der Waals surface area contributed by atoms with E-state index in [0.29, 0.717) is 12.1 Å². The molecule has 2 aromatic rings. The van der Waals surface area contributed by atoms with Gasteiger partial charge in [0.25, 0.3) is 5.91 Å². The topological polar surface area (TPSA) is 47.6 Å². The molecule has 140 valence electrons. The zero-order chi connectivity index (χ0) is 18.8. The van der Waals surface area contributed by atoms with Gasteiger partial charge in [-0.15, -0.1) is 0 Å². The third-order valence-electron chi connectivity index (χ3n) is 3.83. The maximum atomic E-state index is 12.2. The van der Waals surface area contributed by atoms with Crippen molar-refractivity contribution in [3.8, 4) is 11.5 Å². The smallest absolute Gasteiger partial charge is 0.251 e. The van der Waals surface area contributed by atoms with Crippen molar-refractivity contribution < 1.29 is 14.3 Å². The van der Waals surface area contributed by atoms with Gasteiger partial charge in [0.05, 0.1) is 12.7 Å². The first-order valence-electron chi connectivity index (χ1n) is 9.35. The molecule has 0 unspecified atom stereocenters. The molecule has 0 saturated carbocycles. The molecule has 0 saturated heterocycles. The second kappa shape index (κ2) is 10.5. The molecule has 4 heteroatoms. The van der Waals surface area contributed by atoms with Crippen LogP contribution in [0.4, 0.5) is 0 Å². The molecular weight excluding hydrogens is 326 g/mol. The van der Waals surface area contributed by atoms with E-state index >= 15 is 0 Å². The Bertz CT molecular complexity index is 680. The van der Waals surface area contributed by atoms with Gasteiger partial charge in [-0.05, 0) is 69.0 Å². The molecule has 0 aliphatic rings. The summed E-state index contributed by atoms with van der Waals surface area (Å²) in [5.41, 5.74) is 1.83. The highest BCUT2D eigenvalue weighted by Gasteiger charge is 2.07. The van der Waals surface area contributed by atoms with Crippen LogP contribution in [-0.4, -0.2) is 25.2 Å². The lowest BCUT2D eigenvalue weighted by atomic mass is 10.1. The molecular formula is C22H29NO3. The van der Waals surface area contributed by atoms with E-state index in [1.807, 2.05) is 44.2 Å². The number of carbonyl (C=O) groups excluding carboxylic acids is 1. The molecule has 0 bridgehead atoms. The summed E-state index contributed by atoms with van der Waals surface area (Å²) in [6.45, 7) is 7.41. The van der Waals surface area contributed by atoms with Gasteiger partial charge in [0.1, 0.15) is 11.5 Å². The second-order valence-corrected chi connectivity index (χ2v) is 6.51. The van der Waals surface area contributed by atoms with E-state index in [0.717, 1.165) is 37.4 Å². The van der Waals surface area contributed by atoms with Gasteiger partial charge in [-0.1, -0.05) is 25.1 Å². The number of rotatable bonds is 10. The summed E-state index contributed by atoms with van der Waals surface area (Å²) in [4.78, 5) is 12.2. The Hall–Kier alpha value is -2.49. The predicted molar refractivity (Wildman–Crippen MR) is 105 cm³/mol. The van der Waals surface area contributed by atoms with Crippen molar-refractivity contribution in [2.24, 2.45) is 0 Å². The van der Waals surface area contributed by atoms with Gasteiger partial charge in [0.2, 0.25) is 0 Å². The molecule has 26 heavy (non-hydrogen) atoms. The molecule has 0 spiro atoms. The third kappa shape index (κ3) is 6.43.